The number of nitrogens with zero attached hydrogens (tertiary/aromatic N) is 4. The number of benzene rings is 8. The number of ketones is 4. The van der Waals surface area contributed by atoms with Crippen molar-refractivity contribution in [1.82, 2.24) is 19.9 Å². The molecule has 2 atom stereocenters. The first-order valence-corrected chi connectivity index (χ1v) is 51.4. The average Bonchev–Trinajstić information content (AvgIpc) is 0.799. The molecule has 4 N–H and O–H groups in total. The number of hydrogen-bond acceptors (Lipinski definition) is 12. The zero-order valence-electron chi connectivity index (χ0n) is 92.4. The second kappa shape index (κ2) is 67.7. The third-order valence-electron chi connectivity index (χ3n) is 24.2. The predicted octanol–water partition coefficient (Wildman–Crippen LogP) is 35.0. The standard InChI is InChI=1S/2C21H22N.2C20H20N.C13H24O2.3C11H20O2.4Ir/c1-14(2)9-17-5-6-20-18(13-17)7-8-22-21(20)19-11-15(3)10-16(4)12-19;1-14(2)9-17-5-6-18-7-8-22-21(20(18)13-17)19-11-15(3)10-16(4)12-19;2*1-13(2)17-6-5-16-7-8-21-20(19(16)12-17)18-10-14(3)9-15(4)11-18;1-5-10(6-2)12(14)9-13(15)11(7-3)8-4;2*1-8(2)5-10(12)7-11(13)6-9(3)4;1-5-8(3)10(12)7-11(13)9(4)6-2;;;;/h2*5-8,10-11,13-14H,9H2,1-4H3;2*5-10,12-13H,1-4H3;9-11,14H,5-8H2,1-4H3;3*7-9,12H,5-6H2,1-4H3;;;;/q4*-1;;;;;;;;. The van der Waals surface area contributed by atoms with Crippen LogP contribution in [0.1, 0.15) is 309 Å². The van der Waals surface area contributed by atoms with Crippen LogP contribution in [0.4, 0.5) is 0 Å². The van der Waals surface area contributed by atoms with Crippen LogP contribution in [0.25, 0.3) is 88.1 Å². The van der Waals surface area contributed by atoms with Crippen LogP contribution in [0.5, 0.6) is 0 Å². The number of rotatable bonds is 32. The van der Waals surface area contributed by atoms with Gasteiger partial charge in [-0.15, -0.1) is 140 Å². The Morgan fingerprint density at radius 1 is 0.292 bits per heavy atom. The second-order valence-electron chi connectivity index (χ2n) is 41.4. The van der Waals surface area contributed by atoms with Crippen molar-refractivity contribution in [3.05, 3.63) is 309 Å². The molecule has 8 aromatic carbocycles. The molecule has 12 rings (SSSR count). The summed E-state index contributed by atoms with van der Waals surface area (Å²) < 4.78 is 0. The summed E-state index contributed by atoms with van der Waals surface area (Å²) in [6.07, 6.45) is 22.7. The largest absolute Gasteiger partial charge is 0.512 e. The first-order valence-electron chi connectivity index (χ1n) is 51.4. The topological polar surface area (TPSA) is 201 Å². The van der Waals surface area contributed by atoms with E-state index < -0.39 is 0 Å². The molecule has 144 heavy (non-hydrogen) atoms. The van der Waals surface area contributed by atoms with Gasteiger partial charge in [-0.3, -0.25) is 19.2 Å². The molecule has 4 aromatic heterocycles. The third kappa shape index (κ3) is 46.5. The van der Waals surface area contributed by atoms with Gasteiger partial charge in [-0.2, -0.15) is 0 Å². The summed E-state index contributed by atoms with van der Waals surface area (Å²) >= 11 is 0. The normalized spacial score (nSPS) is 11.8. The number of carbonyl (C=O) groups is 4. The van der Waals surface area contributed by atoms with E-state index in [0.717, 1.165) is 119 Å². The summed E-state index contributed by atoms with van der Waals surface area (Å²) in [5.41, 5.74) is 23.6. The maximum absolute atomic E-state index is 11.7. The smallest absolute Gasteiger partial charge is 0.162 e. The van der Waals surface area contributed by atoms with E-state index in [0.29, 0.717) is 73.0 Å². The number of aromatic nitrogens is 4. The molecule has 0 aliphatic rings. The summed E-state index contributed by atoms with van der Waals surface area (Å²) in [5, 5.41) is 47.7. The minimum absolute atomic E-state index is 0. The van der Waals surface area contributed by atoms with Crippen molar-refractivity contribution >= 4 is 66.2 Å². The van der Waals surface area contributed by atoms with Crippen molar-refractivity contribution in [2.75, 3.05) is 0 Å². The minimum Gasteiger partial charge on any atom is -0.512 e. The molecule has 0 amide bonds. The zero-order valence-corrected chi connectivity index (χ0v) is 102. The van der Waals surface area contributed by atoms with E-state index in [2.05, 4.69) is 301 Å². The number of carbonyl (C=O) groups excluding carboxylic acids is 4. The summed E-state index contributed by atoms with van der Waals surface area (Å²) in [4.78, 5) is 64.0. The van der Waals surface area contributed by atoms with E-state index in [1.54, 1.807) is 0 Å². The number of aliphatic hydroxyl groups is 4. The average molecular weight is 2660 g/mol. The van der Waals surface area contributed by atoms with E-state index in [1.165, 1.54) is 112 Å². The number of aliphatic hydroxyl groups excluding tert-OH is 4. The first-order chi connectivity index (χ1) is 66.1. The van der Waals surface area contributed by atoms with Gasteiger partial charge in [0.25, 0.3) is 0 Å². The Labute approximate surface area is 921 Å². The van der Waals surface area contributed by atoms with Gasteiger partial charge >= 0.3 is 0 Å². The maximum atomic E-state index is 11.7. The number of allylic oxidation sites excluding steroid dienone is 8. The van der Waals surface area contributed by atoms with Crippen LogP contribution in [0, 0.1) is 139 Å². The Morgan fingerprint density at radius 2 is 0.590 bits per heavy atom. The first kappa shape index (κ1) is 133. The van der Waals surface area contributed by atoms with E-state index in [1.807, 2.05) is 136 Å². The van der Waals surface area contributed by atoms with Crippen LogP contribution < -0.4 is 0 Å². The molecule has 16 heteroatoms. The summed E-state index contributed by atoms with van der Waals surface area (Å²) in [7, 11) is 0. The Kier molecular flexibility index (Phi) is 62.4. The fourth-order valence-electron chi connectivity index (χ4n) is 16.5. The van der Waals surface area contributed by atoms with E-state index in [9.17, 15) is 39.6 Å². The third-order valence-corrected chi connectivity index (χ3v) is 24.2. The fourth-order valence-corrected chi connectivity index (χ4v) is 16.5. The van der Waals surface area contributed by atoms with Crippen molar-refractivity contribution in [2.24, 2.45) is 59.2 Å². The van der Waals surface area contributed by atoms with Crippen LogP contribution >= 0.6 is 0 Å². The molecule has 788 valence electrons. The molecule has 4 heterocycles. The van der Waals surface area contributed by atoms with Crippen LogP contribution in [0.2, 0.25) is 0 Å². The maximum Gasteiger partial charge on any atom is 0.162 e. The van der Waals surface area contributed by atoms with Crippen LogP contribution in [-0.2, 0) is 112 Å². The van der Waals surface area contributed by atoms with E-state index in [4.69, 9.17) is 0 Å². The van der Waals surface area contributed by atoms with Gasteiger partial charge in [0.1, 0.15) is 0 Å². The number of hydrogen-bond donors (Lipinski definition) is 4. The summed E-state index contributed by atoms with van der Waals surface area (Å²) in [6.45, 7) is 66.6. The molecule has 12 nitrogen and oxygen atoms in total. The monoisotopic (exact) mass is 2660 g/mol. The van der Waals surface area contributed by atoms with Gasteiger partial charge in [-0.25, -0.2) is 0 Å². The molecule has 12 aromatic rings. The van der Waals surface area contributed by atoms with Gasteiger partial charge in [-0.05, 0) is 211 Å². The van der Waals surface area contributed by atoms with Crippen molar-refractivity contribution in [3.8, 4) is 45.0 Å². The predicted molar refractivity (Wildman–Crippen MR) is 595 cm³/mol. The van der Waals surface area contributed by atoms with Gasteiger partial charge in [0, 0.05) is 179 Å². The molecule has 4 radical (unpaired) electrons. The Bertz CT molecular complexity index is 5860. The van der Waals surface area contributed by atoms with Crippen LogP contribution in [-0.4, -0.2) is 63.5 Å². The van der Waals surface area contributed by atoms with Gasteiger partial charge in [0.05, 0.1) is 23.0 Å². The molecule has 0 fully saturated rings. The molecular formula is C128H168Ir4N4O8-4. The van der Waals surface area contributed by atoms with Gasteiger partial charge in [-0.1, -0.05) is 294 Å². The molecular weight excluding hydrogens is 2490 g/mol. The summed E-state index contributed by atoms with van der Waals surface area (Å²) in [6, 6.07) is 66.2. The van der Waals surface area contributed by atoms with E-state index in [-0.39, 0.29) is 150 Å². The molecule has 0 aliphatic heterocycles. The molecule has 0 spiro atoms. The van der Waals surface area contributed by atoms with Gasteiger partial charge < -0.3 is 40.4 Å². The quantitative estimate of drug-likeness (QED) is 0.0177. The Balaban J connectivity index is 0.000000829. The van der Waals surface area contributed by atoms with Crippen molar-refractivity contribution in [3.63, 3.8) is 0 Å². The van der Waals surface area contributed by atoms with Crippen LogP contribution in [0.3, 0.4) is 0 Å². The number of pyridine rings is 4. The zero-order chi connectivity index (χ0) is 104. The Morgan fingerprint density at radius 3 is 0.896 bits per heavy atom. The minimum atomic E-state index is 0. The fraction of sp³-hybridized carbons (Fsp3) is 0.438. The Hall–Kier alpha value is -9.16. The van der Waals surface area contributed by atoms with E-state index >= 15 is 0 Å². The second-order valence-corrected chi connectivity index (χ2v) is 41.4. The molecule has 2 unspecified atom stereocenters. The van der Waals surface area contributed by atoms with Crippen molar-refractivity contribution in [1.29, 1.82) is 0 Å². The molecule has 0 aliphatic carbocycles. The molecule has 0 saturated carbocycles. The van der Waals surface area contributed by atoms with Crippen molar-refractivity contribution in [2.45, 2.75) is 310 Å². The van der Waals surface area contributed by atoms with Gasteiger partial charge in [0.2, 0.25) is 0 Å². The number of aryl methyl sites for hydroxylation is 8. The summed E-state index contributed by atoms with van der Waals surface area (Å²) in [5.74, 6) is 5.23. The van der Waals surface area contributed by atoms with Crippen LogP contribution in [0.15, 0.2) is 218 Å². The molecule has 0 bridgehead atoms. The SMILES string of the molecule is CC(C)CC(=O)C=C(O)CC(C)C.CC(C)CC(=O)C=C(O)CC(C)C.CCC(C)C(=O)C=C(O)C(C)CC.CCC(CC)C(=O)C=C(O)C(CC)CC.Cc1[c-]c(-c2nccc3cc(CC(C)C)ccc23)cc(C)c1.Cc1[c-]c(-c2nccc3ccc(C(C)C)cc23)cc(C)c1.Cc1[c-]c(-c2nccc3ccc(C(C)C)cc23)cc(C)c1.Cc1[c-]c(-c2nccc3ccc(CC(C)C)cc23)cc(C)c1.[Ir].[Ir].[Ir].[Ir]. The molecule has 0 saturated heterocycles. The number of fused-ring (bicyclic) bond motifs is 4. The van der Waals surface area contributed by atoms with Gasteiger partial charge in [0.15, 0.2) is 23.1 Å². The van der Waals surface area contributed by atoms with Crippen molar-refractivity contribution < 1.29 is 120 Å².